The van der Waals surface area contributed by atoms with E-state index in [1.807, 2.05) is 6.92 Å². The molecule has 1 heterocycles. The Bertz CT molecular complexity index is 535. The molecule has 1 fully saturated rings. The topological polar surface area (TPSA) is 99.2 Å². The van der Waals surface area contributed by atoms with Gasteiger partial charge in [0.05, 0.1) is 19.0 Å². The first-order chi connectivity index (χ1) is 10.0. The molecule has 0 atom stereocenters. The summed E-state index contributed by atoms with van der Waals surface area (Å²) in [6, 6.07) is 0.289. The fourth-order valence-corrected chi connectivity index (χ4v) is 3.34. The second-order valence-corrected chi connectivity index (χ2v) is 7.06. The van der Waals surface area contributed by atoms with Crippen molar-refractivity contribution in [2.45, 2.75) is 56.3 Å². The molecule has 1 saturated carbocycles. The van der Waals surface area contributed by atoms with Gasteiger partial charge < -0.3 is 15.0 Å². The van der Waals surface area contributed by atoms with E-state index in [0.717, 1.165) is 25.7 Å². The third-order valence-electron chi connectivity index (χ3n) is 3.72. The van der Waals surface area contributed by atoms with Crippen molar-refractivity contribution in [2.24, 2.45) is 5.73 Å². The van der Waals surface area contributed by atoms with Crippen molar-refractivity contribution < 1.29 is 13.2 Å². The average molecular weight is 316 g/mol. The lowest BCUT2D eigenvalue weighted by Crippen LogP contribution is -2.33. The predicted octanol–water partition coefficient (Wildman–Crippen LogP) is 0.468. The number of imidazole rings is 1. The lowest BCUT2D eigenvalue weighted by Gasteiger charge is -2.26. The van der Waals surface area contributed by atoms with Gasteiger partial charge in [0, 0.05) is 25.3 Å². The van der Waals surface area contributed by atoms with Gasteiger partial charge in [-0.15, -0.1) is 0 Å². The molecular formula is C13H24N4O3S. The highest BCUT2D eigenvalue weighted by Crippen LogP contribution is 2.19. The molecule has 1 aromatic heterocycles. The van der Waals surface area contributed by atoms with Crippen LogP contribution in [0.15, 0.2) is 17.6 Å². The van der Waals surface area contributed by atoms with Crippen LogP contribution in [-0.2, 0) is 21.3 Å². The van der Waals surface area contributed by atoms with Gasteiger partial charge >= 0.3 is 0 Å². The quantitative estimate of drug-likeness (QED) is 0.712. The first kappa shape index (κ1) is 16.4. The molecule has 0 saturated heterocycles. The maximum atomic E-state index is 12.0. The molecule has 1 aliphatic carbocycles. The Hall–Kier alpha value is -0.960. The second-order valence-electron chi connectivity index (χ2n) is 5.35. The zero-order valence-electron chi connectivity index (χ0n) is 12.4. The summed E-state index contributed by atoms with van der Waals surface area (Å²) in [6.45, 7) is 3.24. The minimum Gasteiger partial charge on any atom is -0.377 e. The Morgan fingerprint density at radius 1 is 1.43 bits per heavy atom. The van der Waals surface area contributed by atoms with Crippen molar-refractivity contribution in [1.29, 1.82) is 0 Å². The van der Waals surface area contributed by atoms with E-state index >= 15 is 0 Å². The number of aromatic nitrogens is 2. The summed E-state index contributed by atoms with van der Waals surface area (Å²) in [5, 5.41) is 0.0491. The standard InChI is InChI=1S/C13H24N4O3S/c1-2-17-9-13(15-10-17)21(18,19)16-7-8-20-12-5-3-11(14)4-6-12/h9-12,16H,2-8,14H2,1H3. The number of rotatable bonds is 7. The van der Waals surface area contributed by atoms with Crippen LogP contribution in [0.4, 0.5) is 0 Å². The highest BCUT2D eigenvalue weighted by atomic mass is 32.2. The van der Waals surface area contributed by atoms with Gasteiger partial charge in [0.15, 0.2) is 5.03 Å². The van der Waals surface area contributed by atoms with E-state index in [1.165, 1.54) is 12.5 Å². The summed E-state index contributed by atoms with van der Waals surface area (Å²) >= 11 is 0. The Kier molecular flexibility index (Phi) is 5.74. The maximum Gasteiger partial charge on any atom is 0.259 e. The largest absolute Gasteiger partial charge is 0.377 e. The molecule has 7 nitrogen and oxygen atoms in total. The van der Waals surface area contributed by atoms with Crippen molar-refractivity contribution >= 4 is 10.0 Å². The third-order valence-corrected chi connectivity index (χ3v) is 5.06. The van der Waals surface area contributed by atoms with Crippen molar-refractivity contribution in [2.75, 3.05) is 13.2 Å². The molecule has 1 aromatic rings. The predicted molar refractivity (Wildman–Crippen MR) is 79.3 cm³/mol. The molecule has 3 N–H and O–H groups in total. The normalized spacial score (nSPS) is 23.3. The fraction of sp³-hybridized carbons (Fsp3) is 0.769. The molecular weight excluding hydrogens is 292 g/mol. The van der Waals surface area contributed by atoms with Crippen LogP contribution in [0.1, 0.15) is 32.6 Å². The third kappa shape index (κ3) is 4.77. The zero-order valence-corrected chi connectivity index (χ0v) is 13.2. The molecule has 21 heavy (non-hydrogen) atoms. The monoisotopic (exact) mass is 316 g/mol. The van der Waals surface area contributed by atoms with Crippen LogP contribution in [0.3, 0.4) is 0 Å². The molecule has 120 valence electrons. The summed E-state index contributed by atoms with van der Waals surface area (Å²) in [6.07, 6.45) is 7.09. The van der Waals surface area contributed by atoms with Crippen molar-refractivity contribution in [3.8, 4) is 0 Å². The molecule has 0 spiro atoms. The minimum atomic E-state index is -3.54. The second kappa shape index (κ2) is 7.35. The van der Waals surface area contributed by atoms with Crippen LogP contribution >= 0.6 is 0 Å². The molecule has 0 aromatic carbocycles. The minimum absolute atomic E-state index is 0.0491. The fourth-order valence-electron chi connectivity index (χ4n) is 2.38. The summed E-state index contributed by atoms with van der Waals surface area (Å²) in [5.41, 5.74) is 5.83. The van der Waals surface area contributed by atoms with E-state index in [4.69, 9.17) is 10.5 Å². The van der Waals surface area contributed by atoms with E-state index in [1.54, 1.807) is 4.57 Å². The van der Waals surface area contributed by atoms with Crippen molar-refractivity contribution in [3.63, 3.8) is 0 Å². The molecule has 0 aliphatic heterocycles. The van der Waals surface area contributed by atoms with E-state index in [-0.39, 0.29) is 23.7 Å². The van der Waals surface area contributed by atoms with E-state index in [0.29, 0.717) is 13.2 Å². The Balaban J connectivity index is 1.72. The van der Waals surface area contributed by atoms with E-state index in [9.17, 15) is 8.42 Å². The van der Waals surface area contributed by atoms with Crippen LogP contribution in [-0.4, -0.2) is 43.3 Å². The van der Waals surface area contributed by atoms with Crippen LogP contribution in [0.25, 0.3) is 0 Å². The summed E-state index contributed by atoms with van der Waals surface area (Å²) in [5.74, 6) is 0. The molecule has 0 unspecified atom stereocenters. The molecule has 2 rings (SSSR count). The van der Waals surface area contributed by atoms with Gasteiger partial charge in [-0.2, -0.15) is 0 Å². The van der Waals surface area contributed by atoms with Crippen LogP contribution in [0.2, 0.25) is 0 Å². The van der Waals surface area contributed by atoms with Crippen molar-refractivity contribution in [1.82, 2.24) is 14.3 Å². The molecule has 0 amide bonds. The van der Waals surface area contributed by atoms with Gasteiger partial charge in [-0.1, -0.05) is 0 Å². The maximum absolute atomic E-state index is 12.0. The van der Waals surface area contributed by atoms with Gasteiger partial charge in [0.1, 0.15) is 0 Å². The number of sulfonamides is 1. The van der Waals surface area contributed by atoms with Crippen LogP contribution in [0, 0.1) is 0 Å². The van der Waals surface area contributed by atoms with Gasteiger partial charge in [-0.25, -0.2) is 18.1 Å². The number of nitrogens with zero attached hydrogens (tertiary/aromatic N) is 2. The highest BCUT2D eigenvalue weighted by molar-refractivity contribution is 7.89. The Morgan fingerprint density at radius 2 is 2.14 bits per heavy atom. The van der Waals surface area contributed by atoms with Gasteiger partial charge in [-0.05, 0) is 32.6 Å². The van der Waals surface area contributed by atoms with Gasteiger partial charge in [0.2, 0.25) is 0 Å². The zero-order chi connectivity index (χ0) is 15.3. The Morgan fingerprint density at radius 3 is 2.76 bits per heavy atom. The molecule has 0 radical (unpaired) electrons. The molecule has 1 aliphatic rings. The number of hydrogen-bond acceptors (Lipinski definition) is 5. The molecule has 0 bridgehead atoms. The number of nitrogens with two attached hydrogens (primary N) is 1. The van der Waals surface area contributed by atoms with Crippen LogP contribution < -0.4 is 10.5 Å². The number of hydrogen-bond donors (Lipinski definition) is 2. The summed E-state index contributed by atoms with van der Waals surface area (Å²) in [4.78, 5) is 3.89. The number of nitrogens with one attached hydrogen (secondary N) is 1. The van der Waals surface area contributed by atoms with Gasteiger partial charge in [-0.3, -0.25) is 0 Å². The lowest BCUT2D eigenvalue weighted by molar-refractivity contribution is 0.0287. The molecule has 8 heteroatoms. The first-order valence-corrected chi connectivity index (χ1v) is 8.88. The van der Waals surface area contributed by atoms with E-state index in [2.05, 4.69) is 9.71 Å². The summed E-state index contributed by atoms with van der Waals surface area (Å²) < 4.78 is 33.9. The number of aryl methyl sites for hydroxylation is 1. The smallest absolute Gasteiger partial charge is 0.259 e. The summed E-state index contributed by atoms with van der Waals surface area (Å²) in [7, 11) is -3.54. The SMILES string of the molecule is CCn1cnc(S(=O)(=O)NCCOC2CCC(N)CC2)c1. The van der Waals surface area contributed by atoms with E-state index < -0.39 is 10.0 Å². The number of ether oxygens (including phenoxy) is 1. The Labute approximate surface area is 125 Å². The first-order valence-electron chi connectivity index (χ1n) is 7.40. The van der Waals surface area contributed by atoms with Gasteiger partial charge in [0.25, 0.3) is 10.0 Å². The highest BCUT2D eigenvalue weighted by Gasteiger charge is 2.20. The lowest BCUT2D eigenvalue weighted by atomic mass is 9.94. The van der Waals surface area contributed by atoms with Crippen molar-refractivity contribution in [3.05, 3.63) is 12.5 Å². The average Bonchev–Trinajstić information content (AvgIpc) is 2.95. The van der Waals surface area contributed by atoms with Crippen LogP contribution in [0.5, 0.6) is 0 Å².